The lowest BCUT2D eigenvalue weighted by molar-refractivity contribution is -0.142. The van der Waals surface area contributed by atoms with Gasteiger partial charge in [-0.2, -0.15) is 0 Å². The Morgan fingerprint density at radius 1 is 1.70 bits per heavy atom. The van der Waals surface area contributed by atoms with E-state index in [0.717, 1.165) is 0 Å². The summed E-state index contributed by atoms with van der Waals surface area (Å²) in [6.45, 7) is 2.02. The standard InChI is InChI=1S/C5H11O4P/c1-2-9-5(6)3-4-10(7)8/h10H,2-4H2,1H3,(H,7,8). The van der Waals surface area contributed by atoms with Crippen LogP contribution in [0.25, 0.3) is 0 Å². The molecule has 0 aliphatic heterocycles. The molecule has 0 saturated carbocycles. The van der Waals surface area contributed by atoms with Crippen molar-refractivity contribution in [3.8, 4) is 0 Å². The first-order valence-corrected chi connectivity index (χ1v) is 4.60. The molecule has 0 saturated heterocycles. The van der Waals surface area contributed by atoms with Crippen LogP contribution in [0.3, 0.4) is 0 Å². The highest BCUT2D eigenvalue weighted by Crippen LogP contribution is 2.13. The van der Waals surface area contributed by atoms with E-state index in [1.165, 1.54) is 0 Å². The van der Waals surface area contributed by atoms with Crippen LogP contribution < -0.4 is 0 Å². The van der Waals surface area contributed by atoms with Gasteiger partial charge in [0.15, 0.2) is 8.03 Å². The first kappa shape index (κ1) is 9.66. The van der Waals surface area contributed by atoms with Gasteiger partial charge < -0.3 is 9.63 Å². The van der Waals surface area contributed by atoms with E-state index in [0.29, 0.717) is 6.61 Å². The third-order valence-electron chi connectivity index (χ3n) is 0.848. The van der Waals surface area contributed by atoms with E-state index >= 15 is 0 Å². The highest BCUT2D eigenvalue weighted by Gasteiger charge is 2.02. The molecule has 0 bridgehead atoms. The molecule has 1 unspecified atom stereocenters. The molecule has 5 heteroatoms. The lowest BCUT2D eigenvalue weighted by atomic mass is 10.5. The summed E-state index contributed by atoms with van der Waals surface area (Å²) in [4.78, 5) is 18.8. The molecule has 0 aromatic heterocycles. The number of esters is 1. The molecule has 1 atom stereocenters. The highest BCUT2D eigenvalue weighted by molar-refractivity contribution is 7.38. The molecule has 0 fully saturated rings. The summed E-state index contributed by atoms with van der Waals surface area (Å²) in [7, 11) is -2.50. The van der Waals surface area contributed by atoms with E-state index in [4.69, 9.17) is 4.89 Å². The molecule has 0 aliphatic carbocycles. The molecule has 0 amide bonds. The maximum absolute atomic E-state index is 10.5. The van der Waals surface area contributed by atoms with Crippen molar-refractivity contribution in [3.63, 3.8) is 0 Å². The zero-order chi connectivity index (χ0) is 7.98. The van der Waals surface area contributed by atoms with E-state index in [1.54, 1.807) is 6.92 Å². The van der Waals surface area contributed by atoms with Crippen molar-refractivity contribution in [1.82, 2.24) is 0 Å². The van der Waals surface area contributed by atoms with Crippen molar-refractivity contribution >= 4 is 14.0 Å². The smallest absolute Gasteiger partial charge is 0.306 e. The normalized spacial score (nSPS) is 12.6. The maximum atomic E-state index is 10.5. The zero-order valence-electron chi connectivity index (χ0n) is 5.79. The number of ether oxygens (including phenoxy) is 1. The van der Waals surface area contributed by atoms with Crippen molar-refractivity contribution in [3.05, 3.63) is 0 Å². The number of hydrogen-bond donors (Lipinski definition) is 1. The Hall–Kier alpha value is -0.340. The molecule has 10 heavy (non-hydrogen) atoms. The maximum Gasteiger partial charge on any atom is 0.306 e. The minimum atomic E-state index is -2.50. The SMILES string of the molecule is CCOC(=O)CC[PH](=O)O. The summed E-state index contributed by atoms with van der Waals surface area (Å²) in [6, 6.07) is 0. The fraction of sp³-hybridized carbons (Fsp3) is 0.800. The van der Waals surface area contributed by atoms with Crippen LogP contribution in [0.15, 0.2) is 0 Å². The fourth-order valence-corrected chi connectivity index (χ4v) is 0.860. The Morgan fingerprint density at radius 2 is 2.30 bits per heavy atom. The van der Waals surface area contributed by atoms with Crippen LogP contribution in [0.4, 0.5) is 0 Å². The van der Waals surface area contributed by atoms with E-state index in [-0.39, 0.29) is 12.6 Å². The van der Waals surface area contributed by atoms with Crippen LogP contribution in [0.2, 0.25) is 0 Å². The molecular weight excluding hydrogens is 155 g/mol. The largest absolute Gasteiger partial charge is 0.466 e. The van der Waals surface area contributed by atoms with E-state index in [2.05, 4.69) is 4.74 Å². The topological polar surface area (TPSA) is 63.6 Å². The molecule has 0 heterocycles. The Bertz CT molecular complexity index is 134. The summed E-state index contributed by atoms with van der Waals surface area (Å²) in [5.74, 6) is -0.407. The number of hydrogen-bond acceptors (Lipinski definition) is 3. The fourth-order valence-electron chi connectivity index (χ4n) is 0.442. The first-order valence-electron chi connectivity index (χ1n) is 3.04. The molecule has 60 valence electrons. The molecule has 1 N–H and O–H groups in total. The van der Waals surface area contributed by atoms with Gasteiger partial charge in [-0.1, -0.05) is 0 Å². The van der Waals surface area contributed by atoms with Crippen LogP contribution in [0, 0.1) is 0 Å². The summed E-state index contributed by atoms with van der Waals surface area (Å²) in [6.07, 6.45) is 0.0750. The van der Waals surface area contributed by atoms with Gasteiger partial charge in [-0.3, -0.25) is 9.36 Å². The second-order valence-corrected chi connectivity index (χ2v) is 2.99. The van der Waals surface area contributed by atoms with Crippen LogP contribution in [-0.4, -0.2) is 23.6 Å². The summed E-state index contributed by atoms with van der Waals surface area (Å²) in [5, 5.41) is 0. The first-order chi connectivity index (χ1) is 4.66. The molecular formula is C5H11O4P. The van der Waals surface area contributed by atoms with Crippen molar-refractivity contribution < 1.29 is 19.0 Å². The molecule has 0 aliphatic rings. The van der Waals surface area contributed by atoms with Gasteiger partial charge in [0.25, 0.3) is 0 Å². The molecule has 0 radical (unpaired) electrons. The predicted molar refractivity (Wildman–Crippen MR) is 37.3 cm³/mol. The van der Waals surface area contributed by atoms with Gasteiger partial charge in [0.05, 0.1) is 13.0 Å². The van der Waals surface area contributed by atoms with Gasteiger partial charge in [-0.05, 0) is 6.92 Å². The van der Waals surface area contributed by atoms with E-state index < -0.39 is 14.0 Å². The Kier molecular flexibility index (Phi) is 5.26. The molecule has 0 aromatic rings. The average molecular weight is 166 g/mol. The minimum absolute atomic E-state index is 0.0312. The number of carbonyl (C=O) groups is 1. The van der Waals surface area contributed by atoms with Crippen molar-refractivity contribution in [1.29, 1.82) is 0 Å². The lowest BCUT2D eigenvalue weighted by Crippen LogP contribution is -2.04. The molecule has 0 spiro atoms. The second-order valence-electron chi connectivity index (χ2n) is 1.70. The Labute approximate surface area is 60.1 Å². The van der Waals surface area contributed by atoms with Gasteiger partial charge >= 0.3 is 5.97 Å². The zero-order valence-corrected chi connectivity index (χ0v) is 6.79. The minimum Gasteiger partial charge on any atom is -0.466 e. The van der Waals surface area contributed by atoms with Gasteiger partial charge in [0.2, 0.25) is 0 Å². The third kappa shape index (κ3) is 5.79. The lowest BCUT2D eigenvalue weighted by Gasteiger charge is -1.97. The Balaban J connectivity index is 3.30. The summed E-state index contributed by atoms with van der Waals surface area (Å²) >= 11 is 0. The van der Waals surface area contributed by atoms with E-state index in [1.807, 2.05) is 0 Å². The molecule has 0 rings (SSSR count). The monoisotopic (exact) mass is 166 g/mol. The number of carbonyl (C=O) groups excluding carboxylic acids is 1. The van der Waals surface area contributed by atoms with Gasteiger partial charge in [0, 0.05) is 6.16 Å². The molecule has 4 nitrogen and oxygen atoms in total. The van der Waals surface area contributed by atoms with Gasteiger partial charge in [-0.25, -0.2) is 0 Å². The summed E-state index contributed by atoms with van der Waals surface area (Å²) in [5.41, 5.74) is 0. The predicted octanol–water partition coefficient (Wildman–Crippen LogP) is 0.407. The van der Waals surface area contributed by atoms with Crippen molar-refractivity contribution in [2.45, 2.75) is 13.3 Å². The van der Waals surface area contributed by atoms with Gasteiger partial charge in [0.1, 0.15) is 0 Å². The summed E-state index contributed by atoms with van der Waals surface area (Å²) < 4.78 is 14.6. The second kappa shape index (κ2) is 5.45. The van der Waals surface area contributed by atoms with Crippen molar-refractivity contribution in [2.75, 3.05) is 12.8 Å². The van der Waals surface area contributed by atoms with Gasteiger partial charge in [-0.15, -0.1) is 0 Å². The van der Waals surface area contributed by atoms with Crippen LogP contribution >= 0.6 is 8.03 Å². The van der Waals surface area contributed by atoms with Crippen molar-refractivity contribution in [2.24, 2.45) is 0 Å². The van der Waals surface area contributed by atoms with Crippen LogP contribution in [-0.2, 0) is 14.1 Å². The number of rotatable bonds is 4. The van der Waals surface area contributed by atoms with E-state index in [9.17, 15) is 9.36 Å². The Morgan fingerprint density at radius 3 is 2.70 bits per heavy atom. The quantitative estimate of drug-likeness (QED) is 0.485. The third-order valence-corrected chi connectivity index (χ3v) is 1.53. The van der Waals surface area contributed by atoms with Crippen LogP contribution in [0.5, 0.6) is 0 Å². The average Bonchev–Trinajstić information content (AvgIpc) is 1.85. The van der Waals surface area contributed by atoms with Crippen LogP contribution in [0.1, 0.15) is 13.3 Å². The highest BCUT2D eigenvalue weighted by atomic mass is 31.1. The molecule has 0 aromatic carbocycles.